The summed E-state index contributed by atoms with van der Waals surface area (Å²) in [4.78, 5) is 28.8. The van der Waals surface area contributed by atoms with Gasteiger partial charge in [0.25, 0.3) is 0 Å². The first-order chi connectivity index (χ1) is 14.1. The van der Waals surface area contributed by atoms with Gasteiger partial charge in [-0.15, -0.1) is 0 Å². The Morgan fingerprint density at radius 2 is 1.83 bits per heavy atom. The minimum absolute atomic E-state index is 0.0218. The Bertz CT molecular complexity index is 930. The first-order valence-electron chi connectivity index (χ1n) is 9.73. The SMILES string of the molecule is COc1ccc(N2C[C@@H](NC(=O)N3CCc4ccccc4C3)CC2=O)cc1OC. The maximum atomic E-state index is 12.7. The molecule has 1 atom stereocenters. The van der Waals surface area contributed by atoms with Crippen LogP contribution in [0.2, 0.25) is 0 Å². The maximum Gasteiger partial charge on any atom is 0.318 e. The van der Waals surface area contributed by atoms with Gasteiger partial charge in [0.1, 0.15) is 0 Å². The molecule has 1 saturated heterocycles. The van der Waals surface area contributed by atoms with Crippen molar-refractivity contribution in [2.75, 3.05) is 32.2 Å². The van der Waals surface area contributed by atoms with Crippen molar-refractivity contribution in [2.24, 2.45) is 0 Å². The minimum atomic E-state index is -0.222. The second-order valence-corrected chi connectivity index (χ2v) is 7.33. The zero-order chi connectivity index (χ0) is 20.4. The summed E-state index contributed by atoms with van der Waals surface area (Å²) in [6.45, 7) is 1.72. The number of fused-ring (bicyclic) bond motifs is 1. The number of rotatable bonds is 4. The molecule has 1 N–H and O–H groups in total. The van der Waals surface area contributed by atoms with E-state index in [0.717, 1.165) is 12.1 Å². The number of nitrogens with one attached hydrogen (secondary N) is 1. The van der Waals surface area contributed by atoms with Gasteiger partial charge in [-0.25, -0.2) is 4.79 Å². The molecule has 2 aromatic carbocycles. The van der Waals surface area contributed by atoms with Crippen LogP contribution in [0.3, 0.4) is 0 Å². The van der Waals surface area contributed by atoms with Crippen molar-refractivity contribution in [3.05, 3.63) is 53.6 Å². The molecule has 2 aliphatic rings. The fourth-order valence-electron chi connectivity index (χ4n) is 3.98. The van der Waals surface area contributed by atoms with Gasteiger partial charge >= 0.3 is 6.03 Å². The molecular weight excluding hydrogens is 370 g/mol. The van der Waals surface area contributed by atoms with Crippen molar-refractivity contribution in [1.29, 1.82) is 0 Å². The van der Waals surface area contributed by atoms with Gasteiger partial charge in [-0.05, 0) is 29.7 Å². The molecule has 7 heteroatoms. The molecule has 2 heterocycles. The lowest BCUT2D eigenvalue weighted by molar-refractivity contribution is -0.117. The summed E-state index contributed by atoms with van der Waals surface area (Å²) in [5, 5.41) is 3.03. The Labute approximate surface area is 170 Å². The molecule has 152 valence electrons. The van der Waals surface area contributed by atoms with E-state index in [1.807, 2.05) is 23.1 Å². The van der Waals surface area contributed by atoms with Gasteiger partial charge in [0.15, 0.2) is 11.5 Å². The van der Waals surface area contributed by atoms with Crippen LogP contribution < -0.4 is 19.7 Å². The van der Waals surface area contributed by atoms with Gasteiger partial charge in [-0.3, -0.25) is 4.79 Å². The van der Waals surface area contributed by atoms with Crippen LogP contribution in [0.5, 0.6) is 11.5 Å². The van der Waals surface area contributed by atoms with Gasteiger partial charge in [0.05, 0.1) is 20.3 Å². The molecule has 3 amide bonds. The summed E-state index contributed by atoms with van der Waals surface area (Å²) in [5.41, 5.74) is 3.21. The Balaban J connectivity index is 1.40. The maximum absolute atomic E-state index is 12.7. The average Bonchev–Trinajstić information content (AvgIpc) is 3.12. The molecule has 0 saturated carbocycles. The fraction of sp³-hybridized carbons (Fsp3) is 0.364. The van der Waals surface area contributed by atoms with Gasteiger partial charge in [0.2, 0.25) is 5.91 Å². The van der Waals surface area contributed by atoms with E-state index in [1.54, 1.807) is 31.3 Å². The van der Waals surface area contributed by atoms with E-state index in [0.29, 0.717) is 31.1 Å². The number of carbonyl (C=O) groups is 2. The molecule has 2 aromatic rings. The van der Waals surface area contributed by atoms with Crippen molar-refractivity contribution >= 4 is 17.6 Å². The predicted molar refractivity (Wildman–Crippen MR) is 109 cm³/mol. The summed E-state index contributed by atoms with van der Waals surface area (Å²) >= 11 is 0. The number of hydrogen-bond donors (Lipinski definition) is 1. The highest BCUT2D eigenvalue weighted by Crippen LogP contribution is 2.33. The molecule has 0 aromatic heterocycles. The van der Waals surface area contributed by atoms with E-state index < -0.39 is 0 Å². The van der Waals surface area contributed by atoms with E-state index in [9.17, 15) is 9.59 Å². The minimum Gasteiger partial charge on any atom is -0.493 e. The number of anilines is 1. The molecule has 1 fully saturated rings. The third kappa shape index (κ3) is 3.85. The fourth-order valence-corrected chi connectivity index (χ4v) is 3.98. The van der Waals surface area contributed by atoms with Crippen LogP contribution >= 0.6 is 0 Å². The van der Waals surface area contributed by atoms with E-state index in [1.165, 1.54) is 11.1 Å². The summed E-state index contributed by atoms with van der Waals surface area (Å²) in [7, 11) is 3.14. The molecule has 4 rings (SSSR count). The molecule has 0 bridgehead atoms. The molecule has 0 spiro atoms. The predicted octanol–water partition coefficient (Wildman–Crippen LogP) is 2.58. The number of methoxy groups -OCH3 is 2. The van der Waals surface area contributed by atoms with E-state index in [4.69, 9.17) is 9.47 Å². The van der Waals surface area contributed by atoms with Crippen molar-refractivity contribution in [1.82, 2.24) is 10.2 Å². The second-order valence-electron chi connectivity index (χ2n) is 7.33. The largest absolute Gasteiger partial charge is 0.493 e. The van der Waals surface area contributed by atoms with Gasteiger partial charge in [0, 0.05) is 37.8 Å². The Morgan fingerprint density at radius 3 is 2.59 bits per heavy atom. The Kier molecular flexibility index (Phi) is 5.29. The van der Waals surface area contributed by atoms with Gasteiger partial charge in [-0.2, -0.15) is 0 Å². The summed E-state index contributed by atoms with van der Waals surface area (Å²) in [5.74, 6) is 1.15. The van der Waals surface area contributed by atoms with Crippen LogP contribution in [-0.4, -0.2) is 50.2 Å². The van der Waals surface area contributed by atoms with E-state index in [-0.39, 0.29) is 24.4 Å². The quantitative estimate of drug-likeness (QED) is 0.864. The molecule has 0 aliphatic carbocycles. The first-order valence-corrected chi connectivity index (χ1v) is 9.73. The Morgan fingerprint density at radius 1 is 1.07 bits per heavy atom. The number of nitrogens with zero attached hydrogens (tertiary/aromatic N) is 2. The number of benzene rings is 2. The van der Waals surface area contributed by atoms with E-state index >= 15 is 0 Å². The Hall–Kier alpha value is -3.22. The monoisotopic (exact) mass is 395 g/mol. The highest BCUT2D eigenvalue weighted by atomic mass is 16.5. The third-order valence-electron chi connectivity index (χ3n) is 5.55. The molecule has 7 nitrogen and oxygen atoms in total. The van der Waals surface area contributed by atoms with Crippen LogP contribution in [0.15, 0.2) is 42.5 Å². The number of amides is 3. The molecular formula is C22H25N3O4. The highest BCUT2D eigenvalue weighted by Gasteiger charge is 2.33. The van der Waals surface area contributed by atoms with Crippen LogP contribution in [0, 0.1) is 0 Å². The lowest BCUT2D eigenvalue weighted by atomic mass is 10.0. The van der Waals surface area contributed by atoms with Crippen LogP contribution in [0.4, 0.5) is 10.5 Å². The molecule has 29 heavy (non-hydrogen) atoms. The van der Waals surface area contributed by atoms with Crippen molar-refractivity contribution in [3.8, 4) is 11.5 Å². The zero-order valence-corrected chi connectivity index (χ0v) is 16.7. The number of hydrogen-bond acceptors (Lipinski definition) is 4. The highest BCUT2D eigenvalue weighted by molar-refractivity contribution is 5.97. The lowest BCUT2D eigenvalue weighted by Crippen LogP contribution is -2.47. The number of ether oxygens (including phenoxy) is 2. The summed E-state index contributed by atoms with van der Waals surface area (Å²) in [6, 6.07) is 13.2. The average molecular weight is 395 g/mol. The third-order valence-corrected chi connectivity index (χ3v) is 5.55. The summed E-state index contributed by atoms with van der Waals surface area (Å²) in [6.07, 6.45) is 1.13. The van der Waals surface area contributed by atoms with Crippen LogP contribution in [0.25, 0.3) is 0 Å². The standard InChI is InChI=1S/C22H25N3O4/c1-28-19-8-7-18(12-20(19)29-2)25-14-17(11-21(25)26)23-22(27)24-10-9-15-5-3-4-6-16(15)13-24/h3-8,12,17H,9-11,13-14H2,1-2H3,(H,23,27)/t17-/m0/s1. The molecule has 0 unspecified atom stereocenters. The zero-order valence-electron chi connectivity index (χ0n) is 16.7. The van der Waals surface area contributed by atoms with Crippen molar-refractivity contribution in [3.63, 3.8) is 0 Å². The van der Waals surface area contributed by atoms with Crippen LogP contribution in [-0.2, 0) is 17.8 Å². The topological polar surface area (TPSA) is 71.1 Å². The first kappa shape index (κ1) is 19.1. The van der Waals surface area contributed by atoms with E-state index in [2.05, 4.69) is 17.4 Å². The second kappa shape index (κ2) is 8.03. The van der Waals surface area contributed by atoms with Gasteiger partial charge in [-0.1, -0.05) is 24.3 Å². The molecule has 0 radical (unpaired) electrons. The van der Waals surface area contributed by atoms with Crippen molar-refractivity contribution < 1.29 is 19.1 Å². The number of carbonyl (C=O) groups excluding carboxylic acids is 2. The lowest BCUT2D eigenvalue weighted by Gasteiger charge is -2.30. The van der Waals surface area contributed by atoms with Gasteiger partial charge < -0.3 is 24.6 Å². The smallest absolute Gasteiger partial charge is 0.318 e. The van der Waals surface area contributed by atoms with Crippen molar-refractivity contribution in [2.45, 2.75) is 25.4 Å². The normalized spacial score (nSPS) is 18.4. The van der Waals surface area contributed by atoms with Crippen LogP contribution in [0.1, 0.15) is 17.5 Å². The summed E-state index contributed by atoms with van der Waals surface area (Å²) < 4.78 is 10.6. The molecule has 2 aliphatic heterocycles. The number of urea groups is 1.